The molecule has 3 saturated heterocycles. The average Bonchev–Trinajstić information content (AvgIpc) is 3.87. The topological polar surface area (TPSA) is 93.2 Å². The van der Waals surface area contributed by atoms with E-state index < -0.39 is 6.04 Å². The fraction of sp³-hybridized carbons (Fsp3) is 0.383. The minimum absolute atomic E-state index is 0.279. The number of hydrogen-bond donors (Lipinski definition) is 2. The molecule has 5 aliphatic rings. The molecule has 8 heteroatoms. The van der Waals surface area contributed by atoms with Crippen LogP contribution in [0.3, 0.4) is 0 Å². The number of carbonyl (C=O) groups is 3. The molecule has 2 N–H and O–H groups in total. The normalized spacial score (nSPS) is 24.7. The first kappa shape index (κ1) is 35.5. The number of rotatable bonds is 11. The fourth-order valence-corrected chi connectivity index (χ4v) is 10.2. The van der Waals surface area contributed by atoms with Crippen molar-refractivity contribution in [3.63, 3.8) is 0 Å². The number of aryl methyl sites for hydroxylation is 2. The van der Waals surface area contributed by atoms with Gasteiger partial charge in [0, 0.05) is 42.5 Å². The summed E-state index contributed by atoms with van der Waals surface area (Å²) in [7, 11) is 0. The molecule has 0 saturated carbocycles. The SMILES string of the molecule is C=C1CCC(N2C(=O)c3ccc(N4C[C@H]5C[C@@H]4CN5CCCCCCc4ccc([C@H]5c6ccc(O)cc6CC[C@H]5c5ccccc5)cc4)cc3C2=O)C(=O)N1. The molecule has 5 atom stereocenters. The van der Waals surface area contributed by atoms with Gasteiger partial charge >= 0.3 is 0 Å². The van der Waals surface area contributed by atoms with Crippen molar-refractivity contribution >= 4 is 23.4 Å². The Morgan fingerprint density at radius 2 is 1.55 bits per heavy atom. The van der Waals surface area contributed by atoms with Crippen molar-refractivity contribution in [3.8, 4) is 5.75 Å². The summed E-state index contributed by atoms with van der Waals surface area (Å²) >= 11 is 0. The molecule has 9 rings (SSSR count). The van der Waals surface area contributed by atoms with Gasteiger partial charge in [-0.25, -0.2) is 0 Å². The number of fused-ring (bicyclic) bond motifs is 4. The van der Waals surface area contributed by atoms with Crippen molar-refractivity contribution in [1.29, 1.82) is 0 Å². The lowest BCUT2D eigenvalue weighted by molar-refractivity contribution is -0.125. The number of anilines is 1. The Hall–Kier alpha value is -5.21. The van der Waals surface area contributed by atoms with Gasteiger partial charge in [-0.1, -0.05) is 80.1 Å². The van der Waals surface area contributed by atoms with E-state index in [-0.39, 0.29) is 23.6 Å². The van der Waals surface area contributed by atoms with Crippen LogP contribution in [0.5, 0.6) is 5.75 Å². The minimum Gasteiger partial charge on any atom is -0.508 e. The van der Waals surface area contributed by atoms with Crippen molar-refractivity contribution in [2.45, 2.75) is 94.2 Å². The quantitative estimate of drug-likeness (QED) is 0.121. The second-order valence-electron chi connectivity index (χ2n) is 16.4. The number of unbranched alkanes of at least 4 members (excludes halogenated alkanes) is 3. The number of carbonyl (C=O) groups excluding carboxylic acids is 3. The maximum absolute atomic E-state index is 13.4. The third-order valence-corrected chi connectivity index (χ3v) is 13.0. The first-order valence-corrected chi connectivity index (χ1v) is 20.3. The highest BCUT2D eigenvalue weighted by Crippen LogP contribution is 2.47. The van der Waals surface area contributed by atoms with E-state index in [9.17, 15) is 19.5 Å². The zero-order chi connectivity index (χ0) is 37.6. The number of imide groups is 1. The maximum Gasteiger partial charge on any atom is 0.262 e. The van der Waals surface area contributed by atoms with Crippen molar-refractivity contribution in [2.24, 2.45) is 0 Å². The first-order valence-electron chi connectivity index (χ1n) is 20.3. The van der Waals surface area contributed by atoms with Crippen LogP contribution >= 0.6 is 0 Å². The van der Waals surface area contributed by atoms with E-state index in [1.807, 2.05) is 24.3 Å². The molecule has 4 aromatic rings. The lowest BCUT2D eigenvalue weighted by Crippen LogP contribution is -2.51. The Kier molecular flexibility index (Phi) is 9.55. The Labute approximate surface area is 323 Å². The van der Waals surface area contributed by atoms with Crippen LogP contribution in [0.4, 0.5) is 5.69 Å². The van der Waals surface area contributed by atoms with Gasteiger partial charge in [-0.15, -0.1) is 0 Å². The van der Waals surface area contributed by atoms with Crippen LogP contribution in [-0.4, -0.2) is 70.4 Å². The van der Waals surface area contributed by atoms with E-state index in [2.05, 4.69) is 82.4 Å². The van der Waals surface area contributed by atoms with Crippen LogP contribution in [-0.2, 0) is 17.6 Å². The van der Waals surface area contributed by atoms with E-state index in [1.54, 1.807) is 6.07 Å². The number of phenolic OH excluding ortho intramolecular Hbond substituents is 1. The Morgan fingerprint density at radius 3 is 2.33 bits per heavy atom. The third kappa shape index (κ3) is 6.75. The summed E-state index contributed by atoms with van der Waals surface area (Å²) in [5.41, 5.74) is 9.15. The van der Waals surface area contributed by atoms with E-state index in [1.165, 1.54) is 53.5 Å². The number of nitrogens with zero attached hydrogens (tertiary/aromatic N) is 3. The molecule has 4 aliphatic heterocycles. The van der Waals surface area contributed by atoms with Crippen LogP contribution in [0.25, 0.3) is 0 Å². The number of hydrogen-bond acceptors (Lipinski definition) is 6. The number of phenols is 1. The number of likely N-dealkylation sites (tertiary alicyclic amines) is 1. The zero-order valence-corrected chi connectivity index (χ0v) is 31.5. The smallest absolute Gasteiger partial charge is 0.262 e. The minimum atomic E-state index is -0.790. The molecule has 0 aromatic heterocycles. The van der Waals surface area contributed by atoms with Crippen LogP contribution in [0.15, 0.2) is 103 Å². The molecular weight excluding hydrogens is 685 g/mol. The van der Waals surface area contributed by atoms with Gasteiger partial charge in [0.2, 0.25) is 5.91 Å². The van der Waals surface area contributed by atoms with Crippen LogP contribution < -0.4 is 10.2 Å². The number of benzene rings is 4. The second-order valence-corrected chi connectivity index (χ2v) is 16.4. The van der Waals surface area contributed by atoms with E-state index >= 15 is 0 Å². The highest BCUT2D eigenvalue weighted by atomic mass is 16.3. The molecule has 3 fully saturated rings. The van der Waals surface area contributed by atoms with Gasteiger partial charge in [-0.2, -0.15) is 0 Å². The lowest BCUT2D eigenvalue weighted by atomic mass is 9.69. The lowest BCUT2D eigenvalue weighted by Gasteiger charge is -2.35. The summed E-state index contributed by atoms with van der Waals surface area (Å²) in [6.45, 7) is 6.89. The Morgan fingerprint density at radius 1 is 0.745 bits per heavy atom. The number of allylic oxidation sites excluding steroid dienone is 1. The monoisotopic (exact) mass is 734 g/mol. The van der Waals surface area contributed by atoms with Gasteiger partial charge < -0.3 is 15.3 Å². The Balaban J connectivity index is 0.744. The molecule has 0 radical (unpaired) electrons. The maximum atomic E-state index is 13.4. The number of amides is 3. The summed E-state index contributed by atoms with van der Waals surface area (Å²) in [6, 6.07) is 31.9. The summed E-state index contributed by atoms with van der Waals surface area (Å²) < 4.78 is 0. The predicted octanol–water partition coefficient (Wildman–Crippen LogP) is 7.71. The van der Waals surface area contributed by atoms with E-state index in [4.69, 9.17) is 0 Å². The standard InChI is InChI=1S/C47H50N4O4/c1-30-12-23-43(45(53)48-30)51-46(54)41-21-18-35(27-42(41)47(51)55)50-29-36-26-37(50)28-49(36)24-8-3-2-5-9-31-13-15-33(16-14-31)44-39(32-10-6-4-7-11-32)20-17-34-25-38(52)19-22-40(34)44/h4,6-7,10-11,13-16,18-19,21-22,25,27,36-37,39,43-44,52H,1-3,5,8-9,12,17,20,23-24,26,28-29H2,(H,48,53)/t36-,37-,39+,43?,44-/m1/s1. The van der Waals surface area contributed by atoms with Crippen molar-refractivity contribution in [1.82, 2.24) is 15.1 Å². The number of piperidine rings is 1. The van der Waals surface area contributed by atoms with Crippen LogP contribution in [0.1, 0.15) is 112 Å². The molecule has 8 nitrogen and oxygen atoms in total. The van der Waals surface area contributed by atoms with Crippen molar-refractivity contribution in [2.75, 3.05) is 24.5 Å². The van der Waals surface area contributed by atoms with Gasteiger partial charge in [0.1, 0.15) is 11.8 Å². The van der Waals surface area contributed by atoms with Gasteiger partial charge in [-0.05, 0) is 122 Å². The predicted molar refractivity (Wildman–Crippen MR) is 214 cm³/mol. The number of nitrogens with one attached hydrogen (secondary N) is 1. The molecule has 4 aromatic carbocycles. The van der Waals surface area contributed by atoms with Crippen LogP contribution in [0, 0.1) is 0 Å². The molecule has 2 bridgehead atoms. The number of piperazine rings is 1. The van der Waals surface area contributed by atoms with Gasteiger partial charge in [0.15, 0.2) is 0 Å². The largest absolute Gasteiger partial charge is 0.508 e. The summed E-state index contributed by atoms with van der Waals surface area (Å²) in [6.07, 6.45) is 10.1. The zero-order valence-electron chi connectivity index (χ0n) is 31.5. The Bertz CT molecular complexity index is 2130. The summed E-state index contributed by atoms with van der Waals surface area (Å²) in [5.74, 6) is -0.0423. The summed E-state index contributed by atoms with van der Waals surface area (Å²) in [5, 5.41) is 12.9. The van der Waals surface area contributed by atoms with E-state index in [0.717, 1.165) is 55.9 Å². The molecule has 55 heavy (non-hydrogen) atoms. The van der Waals surface area contributed by atoms with Crippen molar-refractivity contribution < 1.29 is 19.5 Å². The molecule has 282 valence electrons. The summed E-state index contributed by atoms with van der Waals surface area (Å²) in [4.78, 5) is 45.5. The molecular formula is C47H50N4O4. The van der Waals surface area contributed by atoms with Crippen LogP contribution in [0.2, 0.25) is 0 Å². The molecule has 1 unspecified atom stereocenters. The molecule has 3 amide bonds. The van der Waals surface area contributed by atoms with Gasteiger partial charge in [0.05, 0.1) is 11.1 Å². The highest BCUT2D eigenvalue weighted by molar-refractivity contribution is 6.23. The average molecular weight is 735 g/mol. The van der Waals surface area contributed by atoms with Gasteiger partial charge in [-0.3, -0.25) is 24.2 Å². The van der Waals surface area contributed by atoms with Crippen molar-refractivity contribution in [3.05, 3.63) is 142 Å². The first-order chi connectivity index (χ1) is 26.8. The molecule has 0 spiro atoms. The van der Waals surface area contributed by atoms with Gasteiger partial charge in [0.25, 0.3) is 11.8 Å². The molecule has 1 aliphatic carbocycles. The number of aromatic hydroxyl groups is 1. The third-order valence-electron chi connectivity index (χ3n) is 13.0. The second kappa shape index (κ2) is 14.8. The molecule has 4 heterocycles. The fourth-order valence-electron chi connectivity index (χ4n) is 10.2. The highest BCUT2D eigenvalue weighted by Gasteiger charge is 2.46. The van der Waals surface area contributed by atoms with E-state index in [0.29, 0.717) is 53.4 Å².